The van der Waals surface area contributed by atoms with E-state index in [0.717, 1.165) is 18.4 Å². The molecule has 1 N–H and O–H groups in total. The molecular weight excluding hydrogens is 422 g/mol. The smallest absolute Gasteiger partial charge is 0.295 e. The lowest BCUT2D eigenvalue weighted by molar-refractivity contribution is -0.140. The van der Waals surface area contributed by atoms with Crippen molar-refractivity contribution in [3.8, 4) is 11.5 Å². The first-order chi connectivity index (χ1) is 15.9. The lowest BCUT2D eigenvalue weighted by Gasteiger charge is -2.27. The molecule has 4 rings (SSSR count). The Bertz CT molecular complexity index is 1090. The summed E-state index contributed by atoms with van der Waals surface area (Å²) in [4.78, 5) is 27.9. The topological polar surface area (TPSA) is 85.3 Å². The van der Waals surface area contributed by atoms with Crippen LogP contribution in [0.2, 0.25) is 0 Å². The van der Waals surface area contributed by atoms with Gasteiger partial charge in [0.2, 0.25) is 0 Å². The molecule has 174 valence electrons. The van der Waals surface area contributed by atoms with Gasteiger partial charge >= 0.3 is 0 Å². The molecule has 2 aliphatic rings. The number of ketones is 1. The molecule has 1 amide bonds. The summed E-state index contributed by atoms with van der Waals surface area (Å²) in [7, 11) is 1.57. The van der Waals surface area contributed by atoms with Crippen LogP contribution in [0, 0.1) is 6.92 Å². The molecule has 33 heavy (non-hydrogen) atoms. The highest BCUT2D eigenvalue weighted by atomic mass is 16.5. The fourth-order valence-corrected chi connectivity index (χ4v) is 4.54. The Morgan fingerprint density at radius 1 is 1.18 bits per heavy atom. The number of amides is 1. The summed E-state index contributed by atoms with van der Waals surface area (Å²) in [5.41, 5.74) is 1.99. The van der Waals surface area contributed by atoms with Crippen LogP contribution in [-0.2, 0) is 14.3 Å². The molecule has 2 fully saturated rings. The van der Waals surface area contributed by atoms with Gasteiger partial charge in [0, 0.05) is 18.7 Å². The SMILES string of the molecule is CCOc1cccc(C2/C(=C(\O)c3ccc(OC)cc3C)C(=O)C(=O)N2CC2CCCO2)c1. The fraction of sp³-hybridized carbons (Fsp3) is 0.385. The van der Waals surface area contributed by atoms with Gasteiger partial charge in [-0.2, -0.15) is 0 Å². The molecule has 2 atom stereocenters. The molecule has 7 heteroatoms. The van der Waals surface area contributed by atoms with Crippen molar-refractivity contribution in [2.24, 2.45) is 0 Å². The largest absolute Gasteiger partial charge is 0.507 e. The van der Waals surface area contributed by atoms with Gasteiger partial charge in [0.25, 0.3) is 11.7 Å². The molecule has 0 bridgehead atoms. The van der Waals surface area contributed by atoms with Crippen molar-refractivity contribution in [3.05, 3.63) is 64.7 Å². The molecule has 2 aliphatic heterocycles. The standard InChI is InChI=1S/C26H29NO6/c1-4-32-19-8-5-7-17(14-19)23-22(24(28)21-11-10-18(31-3)13-16(21)2)25(29)26(30)27(23)15-20-9-6-12-33-20/h5,7-8,10-11,13-14,20,23,28H,4,6,9,12,15H2,1-3H3/b24-22+. The normalized spacial score (nSPS) is 22.1. The maximum absolute atomic E-state index is 13.2. The van der Waals surface area contributed by atoms with E-state index in [1.165, 1.54) is 4.90 Å². The summed E-state index contributed by atoms with van der Waals surface area (Å²) in [5.74, 6) is -0.255. The Hall–Kier alpha value is -3.32. The number of aryl methyl sites for hydroxylation is 1. The first-order valence-corrected chi connectivity index (χ1v) is 11.2. The van der Waals surface area contributed by atoms with E-state index in [9.17, 15) is 14.7 Å². The predicted octanol–water partition coefficient (Wildman–Crippen LogP) is 4.00. The number of likely N-dealkylation sites (tertiary alicyclic amines) is 1. The Kier molecular flexibility index (Phi) is 6.70. The third kappa shape index (κ3) is 4.46. The van der Waals surface area contributed by atoms with Crippen molar-refractivity contribution in [3.63, 3.8) is 0 Å². The first kappa shape index (κ1) is 22.9. The van der Waals surface area contributed by atoms with Gasteiger partial charge < -0.3 is 24.2 Å². The van der Waals surface area contributed by atoms with Crippen molar-refractivity contribution in [2.45, 2.75) is 38.8 Å². The van der Waals surface area contributed by atoms with Gasteiger partial charge in [-0.05, 0) is 68.1 Å². The molecule has 2 unspecified atom stereocenters. The summed E-state index contributed by atoms with van der Waals surface area (Å²) in [5, 5.41) is 11.3. The minimum absolute atomic E-state index is 0.0694. The van der Waals surface area contributed by atoms with E-state index in [1.807, 2.05) is 38.1 Å². The van der Waals surface area contributed by atoms with Crippen molar-refractivity contribution >= 4 is 17.4 Å². The van der Waals surface area contributed by atoms with Crippen LogP contribution in [-0.4, -0.2) is 54.7 Å². The summed E-state index contributed by atoms with van der Waals surface area (Å²) in [6, 6.07) is 11.8. The monoisotopic (exact) mass is 451 g/mol. The highest BCUT2D eigenvalue weighted by Crippen LogP contribution is 2.41. The Morgan fingerprint density at radius 3 is 2.67 bits per heavy atom. The number of ether oxygens (including phenoxy) is 3. The molecule has 0 aromatic heterocycles. The zero-order valence-corrected chi connectivity index (χ0v) is 19.2. The van der Waals surface area contributed by atoms with Gasteiger partial charge in [0.05, 0.1) is 31.4 Å². The second-order valence-corrected chi connectivity index (χ2v) is 8.27. The van der Waals surface area contributed by atoms with Gasteiger partial charge in [-0.3, -0.25) is 9.59 Å². The third-order valence-electron chi connectivity index (χ3n) is 6.14. The first-order valence-electron chi connectivity index (χ1n) is 11.2. The van der Waals surface area contributed by atoms with Gasteiger partial charge in [-0.25, -0.2) is 0 Å². The summed E-state index contributed by atoms with van der Waals surface area (Å²) < 4.78 is 16.7. The number of rotatable bonds is 7. The summed E-state index contributed by atoms with van der Waals surface area (Å²) in [6.45, 7) is 5.13. The quantitative estimate of drug-likeness (QED) is 0.389. The Balaban J connectivity index is 1.84. The van der Waals surface area contributed by atoms with Crippen LogP contribution >= 0.6 is 0 Å². The molecule has 0 saturated carbocycles. The number of benzene rings is 2. The Labute approximate surface area is 193 Å². The number of hydrogen-bond acceptors (Lipinski definition) is 6. The molecule has 0 spiro atoms. The number of Topliss-reactive ketones (excluding diaryl/α,β-unsaturated/α-hetero) is 1. The minimum Gasteiger partial charge on any atom is -0.507 e. The lowest BCUT2D eigenvalue weighted by atomic mass is 9.93. The second kappa shape index (κ2) is 9.67. The maximum Gasteiger partial charge on any atom is 0.295 e. The number of carbonyl (C=O) groups excluding carboxylic acids is 2. The Morgan fingerprint density at radius 2 is 2.00 bits per heavy atom. The molecule has 7 nitrogen and oxygen atoms in total. The highest BCUT2D eigenvalue weighted by molar-refractivity contribution is 6.46. The van der Waals surface area contributed by atoms with Gasteiger partial charge in [-0.15, -0.1) is 0 Å². The van der Waals surface area contributed by atoms with Crippen LogP contribution in [0.15, 0.2) is 48.0 Å². The number of aliphatic hydroxyl groups is 1. The molecule has 0 radical (unpaired) electrons. The van der Waals surface area contributed by atoms with E-state index in [0.29, 0.717) is 35.8 Å². The fourth-order valence-electron chi connectivity index (χ4n) is 4.54. The molecule has 2 heterocycles. The summed E-state index contributed by atoms with van der Waals surface area (Å²) >= 11 is 0. The van der Waals surface area contributed by atoms with Crippen LogP contribution in [0.1, 0.15) is 42.5 Å². The van der Waals surface area contributed by atoms with Crippen LogP contribution in [0.25, 0.3) is 5.76 Å². The molecular formula is C26H29NO6. The number of aliphatic hydroxyl groups excluding tert-OH is 1. The average molecular weight is 452 g/mol. The molecule has 2 aromatic carbocycles. The van der Waals surface area contributed by atoms with Gasteiger partial charge in [-0.1, -0.05) is 12.1 Å². The number of methoxy groups -OCH3 is 1. The second-order valence-electron chi connectivity index (χ2n) is 8.27. The minimum atomic E-state index is -0.740. The van der Waals surface area contributed by atoms with Gasteiger partial charge in [0.1, 0.15) is 17.3 Å². The number of carbonyl (C=O) groups is 2. The van der Waals surface area contributed by atoms with E-state index in [4.69, 9.17) is 14.2 Å². The van der Waals surface area contributed by atoms with E-state index in [1.54, 1.807) is 25.3 Å². The zero-order chi connectivity index (χ0) is 23.5. The van der Waals surface area contributed by atoms with Crippen LogP contribution in [0.4, 0.5) is 0 Å². The maximum atomic E-state index is 13.2. The van der Waals surface area contributed by atoms with Crippen molar-refractivity contribution in [1.82, 2.24) is 4.90 Å². The lowest BCUT2D eigenvalue weighted by Crippen LogP contribution is -2.36. The average Bonchev–Trinajstić information content (AvgIpc) is 3.41. The highest BCUT2D eigenvalue weighted by Gasteiger charge is 2.47. The van der Waals surface area contributed by atoms with E-state index in [2.05, 4.69) is 0 Å². The molecule has 2 saturated heterocycles. The number of nitrogens with zero attached hydrogens (tertiary/aromatic N) is 1. The molecule has 2 aromatic rings. The van der Waals surface area contributed by atoms with E-state index in [-0.39, 0.29) is 24.0 Å². The van der Waals surface area contributed by atoms with E-state index >= 15 is 0 Å². The molecule has 0 aliphatic carbocycles. The zero-order valence-electron chi connectivity index (χ0n) is 19.2. The third-order valence-corrected chi connectivity index (χ3v) is 6.14. The van der Waals surface area contributed by atoms with Crippen LogP contribution in [0.5, 0.6) is 11.5 Å². The van der Waals surface area contributed by atoms with Crippen LogP contribution in [0.3, 0.4) is 0 Å². The van der Waals surface area contributed by atoms with Crippen molar-refractivity contribution in [1.29, 1.82) is 0 Å². The van der Waals surface area contributed by atoms with Crippen molar-refractivity contribution in [2.75, 3.05) is 26.9 Å². The van der Waals surface area contributed by atoms with Gasteiger partial charge in [0.15, 0.2) is 0 Å². The predicted molar refractivity (Wildman–Crippen MR) is 123 cm³/mol. The van der Waals surface area contributed by atoms with Crippen molar-refractivity contribution < 1.29 is 28.9 Å². The summed E-state index contributed by atoms with van der Waals surface area (Å²) in [6.07, 6.45) is 1.61. The number of hydrogen-bond donors (Lipinski definition) is 1. The van der Waals surface area contributed by atoms with Crippen LogP contribution < -0.4 is 9.47 Å². The van der Waals surface area contributed by atoms with E-state index < -0.39 is 17.7 Å².